The average Bonchev–Trinajstić information content (AvgIpc) is 2.73. The van der Waals surface area contributed by atoms with E-state index in [0.717, 1.165) is 12.2 Å². The van der Waals surface area contributed by atoms with Crippen molar-refractivity contribution in [2.24, 2.45) is 5.92 Å². The van der Waals surface area contributed by atoms with E-state index in [-0.39, 0.29) is 6.29 Å². The van der Waals surface area contributed by atoms with Crippen LogP contribution in [-0.2, 0) is 4.74 Å². The van der Waals surface area contributed by atoms with E-state index in [1.165, 1.54) is 0 Å². The molecule has 0 saturated heterocycles. The van der Waals surface area contributed by atoms with Crippen LogP contribution in [0.4, 0.5) is 0 Å². The van der Waals surface area contributed by atoms with Crippen LogP contribution in [0.1, 0.15) is 6.42 Å². The summed E-state index contributed by atoms with van der Waals surface area (Å²) >= 11 is 0. The summed E-state index contributed by atoms with van der Waals surface area (Å²) in [5.41, 5.74) is 0. The molecule has 2 atom stereocenters. The third-order valence-electron chi connectivity index (χ3n) is 2.72. The number of rotatable bonds is 6. The second-order valence-corrected chi connectivity index (χ2v) is 3.68. The normalized spacial score (nSPS) is 24.8. The molecule has 1 aliphatic carbocycles. The highest BCUT2D eigenvalue weighted by molar-refractivity contribution is 5.14. The summed E-state index contributed by atoms with van der Waals surface area (Å²) in [6.07, 6.45) is 5.45. The van der Waals surface area contributed by atoms with Gasteiger partial charge in [-0.3, -0.25) is 16.0 Å². The lowest BCUT2D eigenvalue weighted by atomic mass is 10.1. The Morgan fingerprint density at radius 2 is 2.07 bits per heavy atom. The summed E-state index contributed by atoms with van der Waals surface area (Å²) < 4.78 is 5.14. The molecule has 0 aliphatic heterocycles. The van der Waals surface area contributed by atoms with Crippen molar-refractivity contribution in [3.8, 4) is 0 Å². The first-order valence-electron chi connectivity index (χ1n) is 5.23. The fourth-order valence-electron chi connectivity index (χ4n) is 1.74. The van der Waals surface area contributed by atoms with Gasteiger partial charge in [-0.25, -0.2) is 0 Å². The molecule has 0 fully saturated rings. The summed E-state index contributed by atoms with van der Waals surface area (Å²) in [4.78, 5) is 0. The largest absolute Gasteiger partial charge is 0.501 e. The Morgan fingerprint density at radius 3 is 2.60 bits per heavy atom. The smallest absolute Gasteiger partial charge is 0.111 e. The van der Waals surface area contributed by atoms with Gasteiger partial charge in [0.25, 0.3) is 0 Å². The maximum atomic E-state index is 5.14. The van der Waals surface area contributed by atoms with Gasteiger partial charge in [-0.15, -0.1) is 0 Å². The summed E-state index contributed by atoms with van der Waals surface area (Å²) in [6, 6.07) is 0.367. The minimum absolute atomic E-state index is 0.134. The van der Waals surface area contributed by atoms with Crippen molar-refractivity contribution in [3.05, 3.63) is 24.5 Å². The molecule has 0 amide bonds. The maximum absolute atomic E-state index is 5.14. The Balaban J connectivity index is 2.37. The van der Waals surface area contributed by atoms with Crippen molar-refractivity contribution in [3.63, 3.8) is 0 Å². The fourth-order valence-corrected chi connectivity index (χ4v) is 1.74. The van der Waals surface area contributed by atoms with Gasteiger partial charge in [0.1, 0.15) is 6.29 Å². The van der Waals surface area contributed by atoms with Gasteiger partial charge in [0.2, 0.25) is 0 Å². The van der Waals surface area contributed by atoms with Gasteiger partial charge in [0, 0.05) is 12.0 Å². The highest BCUT2D eigenvalue weighted by Crippen LogP contribution is 2.24. The Morgan fingerprint density at radius 1 is 1.40 bits per heavy atom. The van der Waals surface area contributed by atoms with Crippen LogP contribution in [0, 0.1) is 5.92 Å². The molecule has 0 bridgehead atoms. The topological polar surface area (TPSA) is 45.3 Å². The number of ether oxygens (including phenoxy) is 1. The molecule has 86 valence electrons. The number of methoxy groups -OCH3 is 1. The number of nitrogens with one attached hydrogen (secondary N) is 3. The van der Waals surface area contributed by atoms with E-state index in [4.69, 9.17) is 4.74 Å². The van der Waals surface area contributed by atoms with Crippen LogP contribution in [0.5, 0.6) is 0 Å². The van der Waals surface area contributed by atoms with E-state index in [2.05, 4.69) is 34.7 Å². The number of hydrogen-bond acceptors (Lipinski definition) is 4. The van der Waals surface area contributed by atoms with Crippen molar-refractivity contribution in [1.29, 1.82) is 0 Å². The molecule has 1 aliphatic rings. The minimum Gasteiger partial charge on any atom is -0.501 e. The second-order valence-electron chi connectivity index (χ2n) is 3.68. The van der Waals surface area contributed by atoms with Crippen LogP contribution in [0.25, 0.3) is 0 Å². The van der Waals surface area contributed by atoms with Crippen molar-refractivity contribution in [2.75, 3.05) is 21.2 Å². The Labute approximate surface area is 91.8 Å². The SMILES string of the molecule is C=C(OC)C1C=CC(NC(NC)NC)C1. The third kappa shape index (κ3) is 3.34. The van der Waals surface area contributed by atoms with Gasteiger partial charge in [-0.2, -0.15) is 0 Å². The summed E-state index contributed by atoms with van der Waals surface area (Å²) in [5, 5.41) is 9.67. The average molecular weight is 211 g/mol. The Bertz CT molecular complexity index is 236. The van der Waals surface area contributed by atoms with Crippen molar-refractivity contribution in [2.45, 2.75) is 18.8 Å². The molecule has 0 aromatic carbocycles. The highest BCUT2D eigenvalue weighted by Gasteiger charge is 2.22. The molecular formula is C11H21N3O. The lowest BCUT2D eigenvalue weighted by Crippen LogP contribution is -2.52. The Hall–Kier alpha value is -0.840. The predicted molar refractivity (Wildman–Crippen MR) is 62.2 cm³/mol. The van der Waals surface area contributed by atoms with Crippen LogP contribution < -0.4 is 16.0 Å². The molecule has 3 N–H and O–H groups in total. The second kappa shape index (κ2) is 5.90. The molecule has 15 heavy (non-hydrogen) atoms. The van der Waals surface area contributed by atoms with Gasteiger partial charge in [-0.05, 0) is 20.5 Å². The molecule has 0 spiro atoms. The molecule has 0 radical (unpaired) electrons. The molecule has 0 aromatic heterocycles. The first-order chi connectivity index (χ1) is 7.21. The standard InChI is InChI=1S/C11H21N3O/c1-8(15-4)9-5-6-10(7-9)14-11(12-2)13-3/h5-6,9-14H,1,7H2,2-4H3. The van der Waals surface area contributed by atoms with Crippen LogP contribution in [-0.4, -0.2) is 33.5 Å². The predicted octanol–water partition coefficient (Wildman–Crippen LogP) is 0.403. The van der Waals surface area contributed by atoms with Crippen LogP contribution >= 0.6 is 0 Å². The molecule has 0 saturated carbocycles. The third-order valence-corrected chi connectivity index (χ3v) is 2.72. The summed E-state index contributed by atoms with van der Waals surface area (Å²) in [6.45, 7) is 3.88. The van der Waals surface area contributed by atoms with Crippen LogP contribution in [0.2, 0.25) is 0 Å². The number of hydrogen-bond donors (Lipinski definition) is 3. The molecule has 4 heteroatoms. The van der Waals surface area contributed by atoms with Gasteiger partial charge >= 0.3 is 0 Å². The summed E-state index contributed by atoms with van der Waals surface area (Å²) in [7, 11) is 5.50. The van der Waals surface area contributed by atoms with E-state index in [1.54, 1.807) is 7.11 Å². The monoisotopic (exact) mass is 211 g/mol. The van der Waals surface area contributed by atoms with Crippen molar-refractivity contribution < 1.29 is 4.74 Å². The van der Waals surface area contributed by atoms with Crippen molar-refractivity contribution in [1.82, 2.24) is 16.0 Å². The minimum atomic E-state index is 0.134. The van der Waals surface area contributed by atoms with E-state index < -0.39 is 0 Å². The van der Waals surface area contributed by atoms with Crippen molar-refractivity contribution >= 4 is 0 Å². The number of allylic oxidation sites excluding steroid dienone is 1. The highest BCUT2D eigenvalue weighted by atomic mass is 16.5. The molecule has 2 unspecified atom stereocenters. The first kappa shape index (κ1) is 12.2. The lowest BCUT2D eigenvalue weighted by molar-refractivity contribution is 0.251. The molecule has 4 nitrogen and oxygen atoms in total. The zero-order valence-corrected chi connectivity index (χ0v) is 9.71. The fraction of sp³-hybridized carbons (Fsp3) is 0.636. The maximum Gasteiger partial charge on any atom is 0.111 e. The van der Waals surface area contributed by atoms with Crippen LogP contribution in [0.15, 0.2) is 24.5 Å². The van der Waals surface area contributed by atoms with Gasteiger partial charge < -0.3 is 4.74 Å². The Kier molecular flexibility index (Phi) is 4.81. The van der Waals surface area contributed by atoms with E-state index in [0.29, 0.717) is 12.0 Å². The van der Waals surface area contributed by atoms with E-state index >= 15 is 0 Å². The van der Waals surface area contributed by atoms with Crippen LogP contribution in [0.3, 0.4) is 0 Å². The molecular weight excluding hydrogens is 190 g/mol. The molecule has 0 aromatic rings. The zero-order chi connectivity index (χ0) is 11.3. The van der Waals surface area contributed by atoms with Gasteiger partial charge in [0.15, 0.2) is 0 Å². The van der Waals surface area contributed by atoms with E-state index in [9.17, 15) is 0 Å². The molecule has 0 heterocycles. The molecule has 1 rings (SSSR count). The van der Waals surface area contributed by atoms with Gasteiger partial charge in [-0.1, -0.05) is 18.7 Å². The van der Waals surface area contributed by atoms with E-state index in [1.807, 2.05) is 14.1 Å². The zero-order valence-electron chi connectivity index (χ0n) is 9.71. The summed E-state index contributed by atoms with van der Waals surface area (Å²) in [5.74, 6) is 1.17. The lowest BCUT2D eigenvalue weighted by Gasteiger charge is -2.22. The van der Waals surface area contributed by atoms with Gasteiger partial charge in [0.05, 0.1) is 12.9 Å². The quantitative estimate of drug-likeness (QED) is 0.338. The first-order valence-corrected chi connectivity index (χ1v) is 5.23.